The number of carbonyl (C=O) groups is 2. The molecule has 0 aromatic heterocycles. The molecule has 3 atom stereocenters. The fourth-order valence-corrected chi connectivity index (χ4v) is 3.97. The fraction of sp³-hybridized carbons (Fsp3) is 0.529. The van der Waals surface area contributed by atoms with Crippen molar-refractivity contribution in [2.24, 2.45) is 0 Å². The van der Waals surface area contributed by atoms with Crippen molar-refractivity contribution < 1.29 is 14.7 Å². The molecule has 3 aliphatic rings. The number of fused-ring (bicyclic) bond motifs is 2. The summed E-state index contributed by atoms with van der Waals surface area (Å²) in [6.07, 6.45) is -0.198. The monoisotopic (exact) mass is 315 g/mol. The molecule has 3 fully saturated rings. The largest absolute Gasteiger partial charge is 0.391 e. The van der Waals surface area contributed by atoms with Gasteiger partial charge in [-0.25, -0.2) is 0 Å². The van der Waals surface area contributed by atoms with Crippen LogP contribution in [0.25, 0.3) is 0 Å². The van der Waals surface area contributed by atoms with Crippen molar-refractivity contribution in [3.63, 3.8) is 0 Å². The number of rotatable bonds is 2. The van der Waals surface area contributed by atoms with Gasteiger partial charge in [-0.3, -0.25) is 14.5 Å². The van der Waals surface area contributed by atoms with Crippen LogP contribution in [0, 0.1) is 0 Å². The number of nitrogens with zero attached hydrogens (tertiary/aromatic N) is 3. The topological polar surface area (TPSA) is 64.1 Å². The summed E-state index contributed by atoms with van der Waals surface area (Å²) in [6.45, 7) is 3.01. The summed E-state index contributed by atoms with van der Waals surface area (Å²) in [4.78, 5) is 30.9. The lowest BCUT2D eigenvalue weighted by Gasteiger charge is -2.47. The van der Waals surface area contributed by atoms with E-state index in [1.165, 1.54) is 5.56 Å². The molecule has 4 rings (SSSR count). The second kappa shape index (κ2) is 5.62. The zero-order chi connectivity index (χ0) is 16.0. The van der Waals surface area contributed by atoms with E-state index in [2.05, 4.69) is 17.0 Å². The molecule has 1 N–H and O–H groups in total. The van der Waals surface area contributed by atoms with Gasteiger partial charge in [-0.15, -0.1) is 0 Å². The van der Waals surface area contributed by atoms with E-state index in [0.29, 0.717) is 19.5 Å². The molecule has 1 aromatic rings. The van der Waals surface area contributed by atoms with Gasteiger partial charge in [0.05, 0.1) is 6.10 Å². The number of aliphatic hydroxyl groups is 1. The Morgan fingerprint density at radius 2 is 1.70 bits per heavy atom. The Labute approximate surface area is 135 Å². The molecule has 6 heteroatoms. The number of piperazine rings is 2. The third kappa shape index (κ3) is 2.52. The van der Waals surface area contributed by atoms with Crippen LogP contribution in [0.3, 0.4) is 0 Å². The minimum absolute atomic E-state index is 0.00510. The third-order valence-corrected chi connectivity index (χ3v) is 5.13. The van der Waals surface area contributed by atoms with Crippen LogP contribution in [0.2, 0.25) is 0 Å². The lowest BCUT2D eigenvalue weighted by Crippen LogP contribution is -2.68. The van der Waals surface area contributed by atoms with Gasteiger partial charge in [0.25, 0.3) is 0 Å². The minimum Gasteiger partial charge on any atom is -0.391 e. The van der Waals surface area contributed by atoms with Gasteiger partial charge in [0, 0.05) is 39.1 Å². The molecule has 0 aliphatic carbocycles. The van der Waals surface area contributed by atoms with Crippen LogP contribution >= 0.6 is 0 Å². The van der Waals surface area contributed by atoms with Crippen molar-refractivity contribution in [1.82, 2.24) is 14.7 Å². The highest BCUT2D eigenvalue weighted by Crippen LogP contribution is 2.29. The maximum Gasteiger partial charge on any atom is 0.247 e. The van der Waals surface area contributed by atoms with Crippen LogP contribution in [0.4, 0.5) is 0 Å². The lowest BCUT2D eigenvalue weighted by molar-refractivity contribution is -0.163. The van der Waals surface area contributed by atoms with E-state index in [-0.39, 0.29) is 18.4 Å². The Morgan fingerprint density at radius 1 is 0.957 bits per heavy atom. The highest BCUT2D eigenvalue weighted by molar-refractivity contribution is 5.97. The lowest BCUT2D eigenvalue weighted by atomic mass is 10.0. The molecule has 3 aliphatic heterocycles. The maximum atomic E-state index is 12.7. The molecule has 0 unspecified atom stereocenters. The van der Waals surface area contributed by atoms with E-state index in [9.17, 15) is 14.7 Å². The van der Waals surface area contributed by atoms with E-state index in [0.717, 1.165) is 13.1 Å². The van der Waals surface area contributed by atoms with Crippen LogP contribution < -0.4 is 0 Å². The summed E-state index contributed by atoms with van der Waals surface area (Å²) in [5, 5.41) is 9.80. The smallest absolute Gasteiger partial charge is 0.247 e. The van der Waals surface area contributed by atoms with Gasteiger partial charge in [0.15, 0.2) is 0 Å². The van der Waals surface area contributed by atoms with Crippen LogP contribution in [-0.4, -0.2) is 76.0 Å². The predicted molar refractivity (Wildman–Crippen MR) is 83.3 cm³/mol. The molecule has 3 saturated heterocycles. The van der Waals surface area contributed by atoms with Crippen LogP contribution in [0.15, 0.2) is 30.3 Å². The Hall–Kier alpha value is -1.92. The summed E-state index contributed by atoms with van der Waals surface area (Å²) in [5.74, 6) is -0.00516. The van der Waals surface area contributed by atoms with Gasteiger partial charge < -0.3 is 14.9 Å². The second-order valence-electron chi connectivity index (χ2n) is 6.66. The van der Waals surface area contributed by atoms with Crippen LogP contribution in [0.5, 0.6) is 0 Å². The van der Waals surface area contributed by atoms with Gasteiger partial charge in [-0.05, 0) is 5.56 Å². The molecule has 0 radical (unpaired) electrons. The first kappa shape index (κ1) is 14.7. The normalized spacial score (nSPS) is 31.3. The quantitative estimate of drug-likeness (QED) is 0.812. The average molecular weight is 315 g/mol. The number of amides is 2. The van der Waals surface area contributed by atoms with E-state index < -0.39 is 18.2 Å². The molecule has 2 amide bonds. The molecule has 122 valence electrons. The van der Waals surface area contributed by atoms with E-state index in [1.54, 1.807) is 9.80 Å². The molecular weight excluding hydrogens is 294 g/mol. The number of benzene rings is 1. The summed E-state index contributed by atoms with van der Waals surface area (Å²) in [7, 11) is 0. The second-order valence-corrected chi connectivity index (χ2v) is 6.66. The minimum atomic E-state index is -0.574. The average Bonchev–Trinajstić information content (AvgIpc) is 2.96. The van der Waals surface area contributed by atoms with E-state index >= 15 is 0 Å². The van der Waals surface area contributed by atoms with Gasteiger partial charge >= 0.3 is 0 Å². The number of hydrogen-bond donors (Lipinski definition) is 1. The highest BCUT2D eigenvalue weighted by Gasteiger charge is 2.51. The Kier molecular flexibility index (Phi) is 3.58. The fourth-order valence-electron chi connectivity index (χ4n) is 3.97. The summed E-state index contributed by atoms with van der Waals surface area (Å²) in [6, 6.07) is 9.31. The maximum absolute atomic E-state index is 12.7. The van der Waals surface area contributed by atoms with E-state index in [1.807, 2.05) is 18.2 Å². The Bertz CT molecular complexity index is 621. The van der Waals surface area contributed by atoms with Gasteiger partial charge in [0.2, 0.25) is 11.8 Å². The number of aliphatic hydroxyl groups excluding tert-OH is 1. The molecule has 1 aromatic carbocycles. The van der Waals surface area contributed by atoms with Gasteiger partial charge in [0.1, 0.15) is 12.1 Å². The Morgan fingerprint density at radius 3 is 2.48 bits per heavy atom. The van der Waals surface area contributed by atoms with Crippen molar-refractivity contribution in [2.75, 3.05) is 26.2 Å². The summed E-state index contributed by atoms with van der Waals surface area (Å²) < 4.78 is 0. The van der Waals surface area contributed by atoms with Crippen molar-refractivity contribution in [3.8, 4) is 0 Å². The van der Waals surface area contributed by atoms with Crippen molar-refractivity contribution in [1.29, 1.82) is 0 Å². The van der Waals surface area contributed by atoms with E-state index in [4.69, 9.17) is 0 Å². The first-order chi connectivity index (χ1) is 11.1. The van der Waals surface area contributed by atoms with Gasteiger partial charge in [-0.2, -0.15) is 0 Å². The standard InChI is InChI=1S/C17H21N3O3/c21-13-8-14-16(22)19-7-6-18(9-12-4-2-1-3-5-12)11-15(19)17(23)20(14)10-13/h1-5,13-15,21H,6-11H2/t13-,14+,15-/m1/s1. The SMILES string of the molecule is O=C1[C@@H]2C[C@@H](O)CN2C(=O)[C@H]2CN(Cc3ccccc3)CCN12. The molecule has 3 heterocycles. The molecular formula is C17H21N3O3. The van der Waals surface area contributed by atoms with Crippen molar-refractivity contribution >= 4 is 11.8 Å². The molecule has 0 saturated carbocycles. The molecule has 0 spiro atoms. The number of carbonyl (C=O) groups excluding carboxylic acids is 2. The van der Waals surface area contributed by atoms with Gasteiger partial charge in [-0.1, -0.05) is 30.3 Å². The predicted octanol–water partition coefficient (Wildman–Crippen LogP) is -0.325. The highest BCUT2D eigenvalue weighted by atomic mass is 16.3. The third-order valence-electron chi connectivity index (χ3n) is 5.13. The summed E-state index contributed by atoms with van der Waals surface area (Å²) in [5.41, 5.74) is 1.21. The Balaban J connectivity index is 1.50. The van der Waals surface area contributed by atoms with Crippen molar-refractivity contribution in [2.45, 2.75) is 31.2 Å². The van der Waals surface area contributed by atoms with Crippen LogP contribution in [0.1, 0.15) is 12.0 Å². The van der Waals surface area contributed by atoms with Crippen molar-refractivity contribution in [3.05, 3.63) is 35.9 Å². The molecule has 23 heavy (non-hydrogen) atoms. The molecule has 6 nitrogen and oxygen atoms in total. The zero-order valence-corrected chi connectivity index (χ0v) is 13.0. The first-order valence-corrected chi connectivity index (χ1v) is 8.19. The summed E-state index contributed by atoms with van der Waals surface area (Å²) >= 11 is 0. The number of hydrogen-bond acceptors (Lipinski definition) is 4. The van der Waals surface area contributed by atoms with Crippen LogP contribution in [-0.2, 0) is 16.1 Å². The zero-order valence-electron chi connectivity index (χ0n) is 13.0. The molecule has 0 bridgehead atoms. The first-order valence-electron chi connectivity index (χ1n) is 8.19.